The van der Waals surface area contributed by atoms with Gasteiger partial charge in [-0.05, 0) is 0 Å². The summed E-state index contributed by atoms with van der Waals surface area (Å²) in [5, 5.41) is 0. The van der Waals surface area contributed by atoms with Gasteiger partial charge in [-0.3, -0.25) is 0 Å². The van der Waals surface area contributed by atoms with Gasteiger partial charge in [0, 0.05) is 0 Å². The molecule has 0 aliphatic heterocycles. The van der Waals surface area contributed by atoms with Crippen LogP contribution in [-0.4, -0.2) is 4.72 Å². The van der Waals surface area contributed by atoms with Gasteiger partial charge in [0.05, 0.1) is 0 Å². The van der Waals surface area contributed by atoms with Crippen molar-refractivity contribution in [3.8, 4) is 0 Å². The van der Waals surface area contributed by atoms with Crippen LogP contribution in [0.4, 0.5) is 0 Å². The molecule has 1 aliphatic carbocycles. The Balaban J connectivity index is 0.000000845. The SMILES string of the molecule is O=[C]([Co+2])C1C=Cc2ccccc21.[Cl-].[Cl-]. The van der Waals surface area contributed by atoms with Gasteiger partial charge < -0.3 is 24.8 Å². The summed E-state index contributed by atoms with van der Waals surface area (Å²) in [7, 11) is 0. The summed E-state index contributed by atoms with van der Waals surface area (Å²) in [5.41, 5.74) is 2.19. The number of allylic oxidation sites excluding steroid dienone is 1. The average molecular weight is 273 g/mol. The minimum Gasteiger partial charge on any atom is -1.00 e. The molecule has 0 spiro atoms. The van der Waals surface area contributed by atoms with Gasteiger partial charge in [0.15, 0.2) is 0 Å². The second-order valence-electron chi connectivity index (χ2n) is 2.75. The summed E-state index contributed by atoms with van der Waals surface area (Å²) >= 11 is 3.88. The van der Waals surface area contributed by atoms with Gasteiger partial charge in [-0.2, -0.15) is 0 Å². The van der Waals surface area contributed by atoms with Crippen LogP contribution in [0.3, 0.4) is 0 Å². The van der Waals surface area contributed by atoms with Crippen molar-refractivity contribution >= 4 is 10.8 Å². The maximum absolute atomic E-state index is 11.0. The number of benzene rings is 1. The van der Waals surface area contributed by atoms with Gasteiger partial charge in [-0.1, -0.05) is 0 Å². The van der Waals surface area contributed by atoms with Gasteiger partial charge in [0.25, 0.3) is 0 Å². The van der Waals surface area contributed by atoms with Crippen LogP contribution in [0, 0.1) is 0 Å². The summed E-state index contributed by atoms with van der Waals surface area (Å²) in [6.07, 6.45) is 3.85. The van der Waals surface area contributed by atoms with E-state index in [1.807, 2.05) is 36.4 Å². The number of carbonyl (C=O) groups is 1. The Kier molecular flexibility index (Phi) is 5.45. The number of carbonyl (C=O) groups excluding carboxylic acids is 1. The monoisotopic (exact) mass is 272 g/mol. The van der Waals surface area contributed by atoms with Gasteiger partial charge in [-0.25, -0.2) is 0 Å². The molecule has 1 aliphatic rings. The fourth-order valence-electron chi connectivity index (χ4n) is 1.44. The molecule has 1 aromatic carbocycles. The average Bonchev–Trinajstić information content (AvgIpc) is 2.47. The van der Waals surface area contributed by atoms with E-state index < -0.39 is 0 Å². The largest absolute Gasteiger partial charge is 1.00 e. The van der Waals surface area contributed by atoms with E-state index in [1.165, 1.54) is 0 Å². The first-order valence-electron chi connectivity index (χ1n) is 3.73. The third-order valence-corrected chi connectivity index (χ3v) is 2.35. The van der Waals surface area contributed by atoms with Gasteiger partial charge in [0.1, 0.15) is 0 Å². The number of hydrogen-bond donors (Lipinski definition) is 0. The molecule has 0 fully saturated rings. The summed E-state index contributed by atoms with van der Waals surface area (Å²) in [6.45, 7) is 0. The van der Waals surface area contributed by atoms with Crippen molar-refractivity contribution in [2.24, 2.45) is 0 Å². The molecule has 0 aromatic heterocycles. The van der Waals surface area contributed by atoms with Crippen LogP contribution in [-0.2, 0) is 20.5 Å². The molecule has 1 unspecified atom stereocenters. The van der Waals surface area contributed by atoms with Crippen molar-refractivity contribution in [2.45, 2.75) is 5.92 Å². The Labute approximate surface area is 103 Å². The Bertz CT molecular complexity index is 363. The fraction of sp³-hybridized carbons (Fsp3) is 0.100. The molecule has 1 aromatic rings. The molecule has 0 bridgehead atoms. The number of halogens is 2. The number of rotatable bonds is 1. The van der Waals surface area contributed by atoms with Crippen molar-refractivity contribution < 1.29 is 45.3 Å². The number of hydrogen-bond acceptors (Lipinski definition) is 1. The smallest absolute Gasteiger partial charge is 1.00 e. The molecule has 1 nitrogen and oxygen atoms in total. The zero-order valence-electron chi connectivity index (χ0n) is 7.04. The molecule has 1 atom stereocenters. The fourth-order valence-corrected chi connectivity index (χ4v) is 1.70. The predicted octanol–water partition coefficient (Wildman–Crippen LogP) is -4.12. The van der Waals surface area contributed by atoms with Crippen LogP contribution in [0.5, 0.6) is 0 Å². The molecule has 0 radical (unpaired) electrons. The van der Waals surface area contributed by atoms with Gasteiger partial charge in [-0.15, -0.1) is 0 Å². The normalized spacial score (nSPS) is 16.5. The molecule has 0 saturated carbocycles. The minimum absolute atomic E-state index is 0. The molecular formula is C10H7Cl2CoO. The van der Waals surface area contributed by atoms with Crippen LogP contribution >= 0.6 is 0 Å². The maximum Gasteiger partial charge on any atom is -1.00 e. The summed E-state index contributed by atoms with van der Waals surface area (Å²) < 4.78 is -0.0938. The first-order valence-corrected chi connectivity index (χ1v) is 4.25. The van der Waals surface area contributed by atoms with E-state index >= 15 is 0 Å². The van der Waals surface area contributed by atoms with E-state index in [0.717, 1.165) is 11.1 Å². The van der Waals surface area contributed by atoms with Crippen LogP contribution in [0.15, 0.2) is 30.3 Å². The molecule has 0 saturated heterocycles. The summed E-state index contributed by atoms with van der Waals surface area (Å²) in [5.74, 6) is -0.138. The molecule has 0 heterocycles. The van der Waals surface area contributed by atoms with Crippen LogP contribution in [0.2, 0.25) is 0 Å². The van der Waals surface area contributed by atoms with Crippen LogP contribution < -0.4 is 24.8 Å². The van der Waals surface area contributed by atoms with E-state index in [0.29, 0.717) is 0 Å². The van der Waals surface area contributed by atoms with Crippen LogP contribution in [0.25, 0.3) is 6.08 Å². The zero-order chi connectivity index (χ0) is 8.55. The molecule has 2 rings (SSSR count). The molecular weight excluding hydrogens is 266 g/mol. The summed E-state index contributed by atoms with van der Waals surface area (Å²) in [4.78, 5) is 11.0. The van der Waals surface area contributed by atoms with E-state index in [-0.39, 0.29) is 35.4 Å². The molecule has 76 valence electrons. The van der Waals surface area contributed by atoms with E-state index in [1.54, 1.807) is 0 Å². The van der Waals surface area contributed by atoms with Crippen molar-refractivity contribution in [1.82, 2.24) is 0 Å². The third-order valence-electron chi connectivity index (χ3n) is 2.03. The molecule has 0 N–H and O–H groups in total. The molecule has 4 heteroatoms. The van der Waals surface area contributed by atoms with E-state index in [9.17, 15) is 4.79 Å². The Morgan fingerprint density at radius 2 is 1.86 bits per heavy atom. The standard InChI is InChI=1S/C10H7O.2ClH.Co/c11-7-9-6-5-8-3-1-2-4-10(8)9;;;/h1-6,9H;2*1H;/q;;;+2/p-2. The maximum atomic E-state index is 11.0. The molecule has 0 amide bonds. The van der Waals surface area contributed by atoms with Gasteiger partial charge in [0.2, 0.25) is 0 Å². The van der Waals surface area contributed by atoms with E-state index in [2.05, 4.69) is 15.7 Å². The van der Waals surface area contributed by atoms with Crippen LogP contribution in [0.1, 0.15) is 17.0 Å². The molecule has 14 heavy (non-hydrogen) atoms. The van der Waals surface area contributed by atoms with Gasteiger partial charge >= 0.3 is 78.7 Å². The first-order chi connectivity index (χ1) is 5.79. The third kappa shape index (κ3) is 2.39. The predicted molar refractivity (Wildman–Crippen MR) is 43.2 cm³/mol. The second kappa shape index (κ2) is 5.56. The Hall–Kier alpha value is -0.284. The number of fused-ring (bicyclic) bond motifs is 1. The zero-order valence-corrected chi connectivity index (χ0v) is 9.59. The van der Waals surface area contributed by atoms with Crippen molar-refractivity contribution in [2.75, 3.05) is 0 Å². The Morgan fingerprint density at radius 3 is 2.50 bits per heavy atom. The quantitative estimate of drug-likeness (QED) is 0.508. The summed E-state index contributed by atoms with van der Waals surface area (Å²) in [6, 6.07) is 7.87. The first kappa shape index (κ1) is 13.7. The Morgan fingerprint density at radius 1 is 1.21 bits per heavy atom. The van der Waals surface area contributed by atoms with Crippen molar-refractivity contribution in [3.05, 3.63) is 41.5 Å². The minimum atomic E-state index is -0.138. The van der Waals surface area contributed by atoms with Crippen molar-refractivity contribution in [1.29, 1.82) is 0 Å². The topological polar surface area (TPSA) is 17.1 Å². The second-order valence-corrected chi connectivity index (χ2v) is 3.26. The van der Waals surface area contributed by atoms with E-state index in [4.69, 9.17) is 0 Å². The van der Waals surface area contributed by atoms with Crippen molar-refractivity contribution in [3.63, 3.8) is 0 Å².